The molecule has 0 saturated heterocycles. The summed E-state index contributed by atoms with van der Waals surface area (Å²) in [4.78, 5) is 12.2. The Kier molecular flexibility index (Phi) is 7.31. The van der Waals surface area contributed by atoms with Gasteiger partial charge in [-0.15, -0.1) is 24.8 Å². The van der Waals surface area contributed by atoms with E-state index in [0.29, 0.717) is 18.7 Å². The van der Waals surface area contributed by atoms with Gasteiger partial charge in [0.25, 0.3) is 5.91 Å². The number of aromatic nitrogens is 2. The summed E-state index contributed by atoms with van der Waals surface area (Å²) in [5, 5.41) is 15.0. The third kappa shape index (κ3) is 4.48. The van der Waals surface area contributed by atoms with Gasteiger partial charge in [-0.1, -0.05) is 0 Å². The molecule has 8 heteroatoms. The highest BCUT2D eigenvalue weighted by Gasteiger charge is 2.38. The average Bonchev–Trinajstić information content (AvgIpc) is 2.76. The molecule has 23 heavy (non-hydrogen) atoms. The number of amides is 1. The Bertz CT molecular complexity index is 635. The van der Waals surface area contributed by atoms with Crippen LogP contribution in [0.15, 0.2) is 17.2 Å². The Hall–Kier alpha value is -1.53. The Morgan fingerprint density at radius 1 is 1.35 bits per heavy atom. The van der Waals surface area contributed by atoms with Crippen LogP contribution in [0, 0.1) is 19.3 Å². The van der Waals surface area contributed by atoms with E-state index in [9.17, 15) is 4.79 Å². The minimum Gasteiger partial charge on any atom is -0.467 e. The number of nitrogens with zero attached hydrogens (tertiary/aromatic N) is 2. The van der Waals surface area contributed by atoms with Crippen LogP contribution in [0.25, 0.3) is 0 Å². The molecule has 0 bridgehead atoms. The van der Waals surface area contributed by atoms with Crippen molar-refractivity contribution in [2.24, 2.45) is 0 Å². The topological polar surface area (TPSA) is 80.0 Å². The van der Waals surface area contributed by atoms with Crippen molar-refractivity contribution >= 4 is 36.6 Å². The number of ether oxygens (including phenoxy) is 1. The number of carbonyl (C=O) groups excluding carboxylic acids is 1. The number of hydrogen-bond acceptors (Lipinski definition) is 4. The summed E-state index contributed by atoms with van der Waals surface area (Å²) < 4.78 is 7.27. The van der Waals surface area contributed by atoms with Gasteiger partial charge in [-0.3, -0.25) is 14.9 Å². The molecule has 1 aliphatic heterocycles. The molecule has 1 aromatic rings. The van der Waals surface area contributed by atoms with Gasteiger partial charge >= 0.3 is 0 Å². The number of nitrogens with one attached hydrogen (secondary N) is 2. The minimum atomic E-state index is -0.584. The molecule has 6 nitrogen and oxygen atoms in total. The fraction of sp³-hybridized carbons (Fsp3) is 0.533. The maximum atomic E-state index is 12.2. The van der Waals surface area contributed by atoms with Crippen LogP contribution in [0.5, 0.6) is 0 Å². The molecule has 0 atom stereocenters. The second kappa shape index (κ2) is 7.84. The third-order valence-corrected chi connectivity index (χ3v) is 3.80. The minimum absolute atomic E-state index is 0. The molecule has 1 aromatic heterocycles. The van der Waals surface area contributed by atoms with E-state index in [1.165, 1.54) is 0 Å². The summed E-state index contributed by atoms with van der Waals surface area (Å²) in [6, 6.07) is 2.00. The van der Waals surface area contributed by atoms with E-state index in [1.807, 2.05) is 45.4 Å². The molecular formula is C15H24Cl2N4O2. The SMILES string of the molecule is CC1=C(C(=O)NCCn2nc(C)cc2C)C(=N)OC1(C)C.Cl.Cl. The molecule has 0 unspecified atom stereocenters. The Labute approximate surface area is 149 Å². The zero-order valence-electron chi connectivity index (χ0n) is 14.0. The maximum Gasteiger partial charge on any atom is 0.256 e. The highest BCUT2D eigenvalue weighted by molar-refractivity contribution is 6.19. The van der Waals surface area contributed by atoms with Crippen LogP contribution in [0.4, 0.5) is 0 Å². The molecule has 0 spiro atoms. The van der Waals surface area contributed by atoms with Gasteiger partial charge in [0.05, 0.1) is 12.2 Å². The highest BCUT2D eigenvalue weighted by atomic mass is 35.5. The van der Waals surface area contributed by atoms with Crippen LogP contribution in [0.1, 0.15) is 32.2 Å². The van der Waals surface area contributed by atoms with E-state index in [4.69, 9.17) is 10.1 Å². The zero-order valence-corrected chi connectivity index (χ0v) is 15.7. The predicted molar refractivity (Wildman–Crippen MR) is 94.8 cm³/mol. The lowest BCUT2D eigenvalue weighted by molar-refractivity contribution is -0.117. The summed E-state index contributed by atoms with van der Waals surface area (Å²) >= 11 is 0. The van der Waals surface area contributed by atoms with Gasteiger partial charge in [-0.05, 0) is 46.3 Å². The number of rotatable bonds is 4. The van der Waals surface area contributed by atoms with Crippen LogP contribution in [0.2, 0.25) is 0 Å². The van der Waals surface area contributed by atoms with E-state index in [2.05, 4.69) is 10.4 Å². The van der Waals surface area contributed by atoms with Crippen molar-refractivity contribution < 1.29 is 9.53 Å². The summed E-state index contributed by atoms with van der Waals surface area (Å²) in [6.45, 7) is 10.5. The van der Waals surface area contributed by atoms with Crippen molar-refractivity contribution in [1.29, 1.82) is 5.41 Å². The summed E-state index contributed by atoms with van der Waals surface area (Å²) in [7, 11) is 0. The molecule has 0 fully saturated rings. The quantitative estimate of drug-likeness (QED) is 0.863. The maximum absolute atomic E-state index is 12.2. The van der Waals surface area contributed by atoms with Gasteiger partial charge in [0.2, 0.25) is 5.90 Å². The average molecular weight is 363 g/mol. The molecule has 1 aliphatic rings. The first-order valence-electron chi connectivity index (χ1n) is 7.01. The highest BCUT2D eigenvalue weighted by Crippen LogP contribution is 2.31. The van der Waals surface area contributed by atoms with Crippen molar-refractivity contribution in [2.75, 3.05) is 6.54 Å². The van der Waals surface area contributed by atoms with Crippen molar-refractivity contribution in [2.45, 2.75) is 46.8 Å². The van der Waals surface area contributed by atoms with Gasteiger partial charge in [0, 0.05) is 12.2 Å². The molecule has 0 saturated carbocycles. The first-order chi connectivity index (χ1) is 9.72. The van der Waals surface area contributed by atoms with E-state index < -0.39 is 5.60 Å². The van der Waals surface area contributed by atoms with E-state index >= 15 is 0 Å². The molecule has 0 radical (unpaired) electrons. The summed E-state index contributed by atoms with van der Waals surface area (Å²) in [6.07, 6.45) is 0. The lowest BCUT2D eigenvalue weighted by Gasteiger charge is -2.18. The van der Waals surface area contributed by atoms with Gasteiger partial charge in [-0.2, -0.15) is 5.10 Å². The normalized spacial score (nSPS) is 15.6. The largest absolute Gasteiger partial charge is 0.467 e. The molecular weight excluding hydrogens is 339 g/mol. The molecule has 1 amide bonds. The molecule has 0 aromatic carbocycles. The van der Waals surface area contributed by atoms with Crippen LogP contribution in [0.3, 0.4) is 0 Å². The monoisotopic (exact) mass is 362 g/mol. The molecule has 0 aliphatic carbocycles. The van der Waals surface area contributed by atoms with E-state index in [0.717, 1.165) is 17.0 Å². The van der Waals surface area contributed by atoms with Crippen molar-refractivity contribution in [3.05, 3.63) is 28.6 Å². The predicted octanol–water partition coefficient (Wildman–Crippen LogP) is 2.56. The van der Waals surface area contributed by atoms with Crippen LogP contribution >= 0.6 is 24.8 Å². The molecule has 2 rings (SSSR count). The Morgan fingerprint density at radius 3 is 2.39 bits per heavy atom. The van der Waals surface area contributed by atoms with Crippen molar-refractivity contribution in [3.8, 4) is 0 Å². The second-order valence-corrected chi connectivity index (χ2v) is 5.85. The standard InChI is InChI=1S/C15H22N4O2.2ClH/c1-9-8-10(2)19(18-9)7-6-17-14(20)12-11(3)15(4,5)21-13(12)16;;/h8,16H,6-7H2,1-5H3,(H,17,20);2*1H. The smallest absolute Gasteiger partial charge is 0.256 e. The lowest BCUT2D eigenvalue weighted by atomic mass is 9.97. The second-order valence-electron chi connectivity index (χ2n) is 5.85. The number of hydrogen-bond donors (Lipinski definition) is 2. The number of carbonyl (C=O) groups is 1. The van der Waals surface area contributed by atoms with Crippen molar-refractivity contribution in [1.82, 2.24) is 15.1 Å². The van der Waals surface area contributed by atoms with Crippen LogP contribution in [-0.4, -0.2) is 33.7 Å². The van der Waals surface area contributed by atoms with E-state index in [-0.39, 0.29) is 36.6 Å². The fourth-order valence-corrected chi connectivity index (χ4v) is 2.39. The first kappa shape index (κ1) is 21.5. The first-order valence-corrected chi connectivity index (χ1v) is 7.01. The molecule has 130 valence electrons. The van der Waals surface area contributed by atoms with Gasteiger partial charge in [-0.25, -0.2) is 0 Å². The Balaban J connectivity index is 0.00000242. The van der Waals surface area contributed by atoms with Crippen LogP contribution < -0.4 is 5.32 Å². The lowest BCUT2D eigenvalue weighted by Crippen LogP contribution is -2.31. The molecule has 2 N–H and O–H groups in total. The van der Waals surface area contributed by atoms with Gasteiger partial charge < -0.3 is 10.1 Å². The molecule has 2 heterocycles. The van der Waals surface area contributed by atoms with Crippen molar-refractivity contribution in [3.63, 3.8) is 0 Å². The van der Waals surface area contributed by atoms with Gasteiger partial charge in [0.15, 0.2) is 0 Å². The van der Waals surface area contributed by atoms with Crippen LogP contribution in [-0.2, 0) is 16.1 Å². The number of aryl methyl sites for hydroxylation is 2. The third-order valence-electron chi connectivity index (χ3n) is 3.80. The summed E-state index contributed by atoms with van der Waals surface area (Å²) in [5.41, 5.74) is 2.57. The van der Waals surface area contributed by atoms with Gasteiger partial charge in [0.1, 0.15) is 11.2 Å². The fourth-order valence-electron chi connectivity index (χ4n) is 2.39. The summed E-state index contributed by atoms with van der Waals surface area (Å²) in [5.74, 6) is -0.314. The Morgan fingerprint density at radius 2 is 1.96 bits per heavy atom. The van der Waals surface area contributed by atoms with E-state index in [1.54, 1.807) is 0 Å². The zero-order chi connectivity index (χ0) is 15.8. The number of halogens is 2.